The summed E-state index contributed by atoms with van der Waals surface area (Å²) in [5.74, 6) is 1.58. The molecule has 33 heavy (non-hydrogen) atoms. The smallest absolute Gasteiger partial charge is 0.119 e. The normalized spacial score (nSPS) is 22.3. The molecule has 1 N–H and O–H groups in total. The molecule has 2 heterocycles. The van der Waals surface area contributed by atoms with Crippen LogP contribution in [-0.2, 0) is 13.0 Å². The van der Waals surface area contributed by atoms with Gasteiger partial charge in [-0.3, -0.25) is 4.90 Å². The second-order valence-corrected chi connectivity index (χ2v) is 10.3. The van der Waals surface area contributed by atoms with Crippen LogP contribution in [0, 0.1) is 0 Å². The third-order valence-corrected chi connectivity index (χ3v) is 8.22. The summed E-state index contributed by atoms with van der Waals surface area (Å²) in [7, 11) is 0. The summed E-state index contributed by atoms with van der Waals surface area (Å²) in [6.45, 7) is 3.02. The van der Waals surface area contributed by atoms with E-state index in [1.165, 1.54) is 68.0 Å². The predicted octanol–water partition coefficient (Wildman–Crippen LogP) is 5.82. The Labute approximate surface area is 197 Å². The van der Waals surface area contributed by atoms with Crippen molar-refractivity contribution in [3.05, 3.63) is 65.4 Å². The van der Waals surface area contributed by atoms with Crippen molar-refractivity contribution in [1.82, 2.24) is 9.47 Å². The first-order chi connectivity index (χ1) is 16.3. The molecule has 174 valence electrons. The highest BCUT2D eigenvalue weighted by Crippen LogP contribution is 2.44. The van der Waals surface area contributed by atoms with Gasteiger partial charge in [0, 0.05) is 36.2 Å². The van der Waals surface area contributed by atoms with Crippen LogP contribution in [-0.4, -0.2) is 40.4 Å². The molecule has 0 amide bonds. The van der Waals surface area contributed by atoms with Gasteiger partial charge in [0.05, 0.1) is 6.04 Å². The van der Waals surface area contributed by atoms with Crippen LogP contribution in [0.4, 0.5) is 0 Å². The minimum Gasteiger partial charge on any atom is -0.491 e. The van der Waals surface area contributed by atoms with Crippen molar-refractivity contribution in [3.8, 4) is 5.75 Å². The summed E-state index contributed by atoms with van der Waals surface area (Å²) in [6, 6.07) is 17.6. The Hall–Kier alpha value is -2.30. The summed E-state index contributed by atoms with van der Waals surface area (Å²) in [5.41, 5.74) is 6.10. The molecule has 1 aromatic heterocycles. The highest BCUT2D eigenvalue weighted by molar-refractivity contribution is 5.87. The standard InChI is InChI=1S/C29H36N2O2/c32-23(20-33-24-10-5-2-6-11-24)19-30-16-17-31-27-15-14-22(21-8-3-1-4-9-21)18-26(27)25-12-7-13-28(30)29(25)31/h2,5-6,10-11,14-15,18,21,23,28,32H,1,3-4,7-9,12-13,16-17,19-20H2. The molecule has 2 unspecified atom stereocenters. The van der Waals surface area contributed by atoms with Gasteiger partial charge in [0.1, 0.15) is 18.5 Å². The third kappa shape index (κ3) is 4.08. The zero-order valence-electron chi connectivity index (χ0n) is 19.6. The lowest BCUT2D eigenvalue weighted by Crippen LogP contribution is -2.44. The third-order valence-electron chi connectivity index (χ3n) is 8.22. The highest BCUT2D eigenvalue weighted by atomic mass is 16.5. The number of fused-ring (bicyclic) bond motifs is 3. The molecule has 2 aromatic carbocycles. The fraction of sp³-hybridized carbons (Fsp3) is 0.517. The monoisotopic (exact) mass is 444 g/mol. The maximum absolute atomic E-state index is 10.8. The Morgan fingerprint density at radius 3 is 2.64 bits per heavy atom. The number of para-hydroxylation sites is 1. The van der Waals surface area contributed by atoms with Crippen LogP contribution >= 0.6 is 0 Å². The van der Waals surface area contributed by atoms with Gasteiger partial charge in [0.25, 0.3) is 0 Å². The minimum atomic E-state index is -0.482. The summed E-state index contributed by atoms with van der Waals surface area (Å²) in [5, 5.41) is 12.3. The molecule has 4 heteroatoms. The quantitative estimate of drug-likeness (QED) is 0.520. The van der Waals surface area contributed by atoms with Crippen LogP contribution in [0.2, 0.25) is 0 Å². The number of aryl methyl sites for hydroxylation is 1. The first-order valence-electron chi connectivity index (χ1n) is 13.0. The zero-order valence-corrected chi connectivity index (χ0v) is 19.6. The first kappa shape index (κ1) is 21.2. The second kappa shape index (κ2) is 9.15. The van der Waals surface area contributed by atoms with Gasteiger partial charge >= 0.3 is 0 Å². The lowest BCUT2D eigenvalue weighted by molar-refractivity contribution is 0.0375. The largest absolute Gasteiger partial charge is 0.491 e. The Morgan fingerprint density at radius 2 is 1.79 bits per heavy atom. The maximum Gasteiger partial charge on any atom is 0.119 e. The average Bonchev–Trinajstić information content (AvgIpc) is 3.20. The number of aliphatic hydroxyl groups is 1. The van der Waals surface area contributed by atoms with Gasteiger partial charge in [0.2, 0.25) is 0 Å². The van der Waals surface area contributed by atoms with E-state index in [4.69, 9.17) is 4.74 Å². The van der Waals surface area contributed by atoms with Crippen LogP contribution < -0.4 is 4.74 Å². The molecule has 3 aliphatic rings. The molecular formula is C29H36N2O2. The van der Waals surface area contributed by atoms with Gasteiger partial charge in [-0.05, 0) is 73.4 Å². The number of rotatable bonds is 6. The molecule has 4 nitrogen and oxygen atoms in total. The van der Waals surface area contributed by atoms with E-state index in [2.05, 4.69) is 27.7 Å². The van der Waals surface area contributed by atoms with Gasteiger partial charge in [-0.15, -0.1) is 0 Å². The van der Waals surface area contributed by atoms with E-state index in [0.717, 1.165) is 24.8 Å². The Bertz CT molecular complexity index is 1100. The fourth-order valence-corrected chi connectivity index (χ4v) is 6.64. The van der Waals surface area contributed by atoms with Crippen LogP contribution in [0.1, 0.15) is 73.7 Å². The lowest BCUT2D eigenvalue weighted by atomic mass is 9.83. The summed E-state index contributed by atoms with van der Waals surface area (Å²) < 4.78 is 8.42. The SMILES string of the molecule is OC(COc1ccccc1)CN1CCn2c3c(c4cc(C5CCCCC5)ccc42)CCCC31. The number of β-amino-alcohol motifs (C(OH)–C–C–N with tert-alkyl or cyclic N) is 1. The fourth-order valence-electron chi connectivity index (χ4n) is 6.64. The molecule has 1 saturated carbocycles. The van der Waals surface area contributed by atoms with Crippen molar-refractivity contribution < 1.29 is 9.84 Å². The van der Waals surface area contributed by atoms with Crippen molar-refractivity contribution >= 4 is 10.9 Å². The van der Waals surface area contributed by atoms with Crippen LogP contribution in [0.15, 0.2) is 48.5 Å². The molecule has 1 fully saturated rings. The molecular weight excluding hydrogens is 408 g/mol. The summed E-state index contributed by atoms with van der Waals surface area (Å²) in [4.78, 5) is 2.51. The van der Waals surface area contributed by atoms with Crippen molar-refractivity contribution in [3.63, 3.8) is 0 Å². The van der Waals surface area contributed by atoms with E-state index in [1.807, 2.05) is 30.3 Å². The van der Waals surface area contributed by atoms with Gasteiger partial charge < -0.3 is 14.4 Å². The van der Waals surface area contributed by atoms with Gasteiger partial charge in [0.15, 0.2) is 0 Å². The highest BCUT2D eigenvalue weighted by Gasteiger charge is 2.35. The van der Waals surface area contributed by atoms with Gasteiger partial charge in [-0.1, -0.05) is 43.5 Å². The number of benzene rings is 2. The number of hydrogen-bond acceptors (Lipinski definition) is 3. The van der Waals surface area contributed by atoms with E-state index < -0.39 is 6.10 Å². The molecule has 0 saturated heterocycles. The van der Waals surface area contributed by atoms with E-state index in [1.54, 1.807) is 11.1 Å². The number of hydrogen-bond donors (Lipinski definition) is 1. The number of ether oxygens (including phenoxy) is 1. The van der Waals surface area contributed by atoms with E-state index >= 15 is 0 Å². The minimum absolute atomic E-state index is 0.341. The zero-order chi connectivity index (χ0) is 22.2. The molecule has 2 aliphatic carbocycles. The molecule has 0 spiro atoms. The topological polar surface area (TPSA) is 37.6 Å². The van der Waals surface area contributed by atoms with Crippen molar-refractivity contribution in [2.45, 2.75) is 76.0 Å². The Balaban J connectivity index is 1.23. The number of aromatic nitrogens is 1. The Morgan fingerprint density at radius 1 is 0.939 bits per heavy atom. The van der Waals surface area contributed by atoms with Crippen molar-refractivity contribution in [2.75, 3.05) is 19.7 Å². The maximum atomic E-state index is 10.8. The summed E-state index contributed by atoms with van der Waals surface area (Å²) in [6.07, 6.45) is 10.0. The molecule has 1 aliphatic heterocycles. The average molecular weight is 445 g/mol. The van der Waals surface area contributed by atoms with Crippen molar-refractivity contribution in [1.29, 1.82) is 0 Å². The Kier molecular flexibility index (Phi) is 5.89. The molecule has 3 aromatic rings. The van der Waals surface area contributed by atoms with Crippen LogP contribution in [0.25, 0.3) is 10.9 Å². The molecule has 0 bridgehead atoms. The van der Waals surface area contributed by atoms with Gasteiger partial charge in [-0.25, -0.2) is 0 Å². The second-order valence-electron chi connectivity index (χ2n) is 10.3. The molecule has 2 atom stereocenters. The molecule has 0 radical (unpaired) electrons. The van der Waals surface area contributed by atoms with Crippen molar-refractivity contribution in [2.24, 2.45) is 0 Å². The molecule has 6 rings (SSSR count). The van der Waals surface area contributed by atoms with E-state index in [9.17, 15) is 5.11 Å². The van der Waals surface area contributed by atoms with Gasteiger partial charge in [-0.2, -0.15) is 0 Å². The first-order valence-corrected chi connectivity index (χ1v) is 13.0. The van der Waals surface area contributed by atoms with Crippen LogP contribution in [0.5, 0.6) is 5.75 Å². The predicted molar refractivity (Wildman–Crippen MR) is 133 cm³/mol. The number of aliphatic hydroxyl groups excluding tert-OH is 1. The number of nitrogens with zero attached hydrogens (tertiary/aromatic N) is 2. The summed E-state index contributed by atoms with van der Waals surface area (Å²) >= 11 is 0. The lowest BCUT2D eigenvalue weighted by Gasteiger charge is -2.40. The van der Waals surface area contributed by atoms with Crippen LogP contribution in [0.3, 0.4) is 0 Å². The van der Waals surface area contributed by atoms with E-state index in [-0.39, 0.29) is 0 Å². The van der Waals surface area contributed by atoms with E-state index in [0.29, 0.717) is 19.2 Å².